The van der Waals surface area contributed by atoms with Gasteiger partial charge in [-0.05, 0) is 30.9 Å². The van der Waals surface area contributed by atoms with Crippen LogP contribution in [-0.2, 0) is 27.3 Å². The Kier molecular flexibility index (Phi) is 7.34. The lowest BCUT2D eigenvalue weighted by Crippen LogP contribution is -2.47. The Hall–Kier alpha value is -3.01. The first-order chi connectivity index (χ1) is 14.5. The number of nitrogens with one attached hydrogen (secondary N) is 1. The molecule has 1 amide bonds. The lowest BCUT2D eigenvalue weighted by atomic mass is 9.82. The number of amides is 1. The van der Waals surface area contributed by atoms with Gasteiger partial charge in [0.2, 0.25) is 11.8 Å². The molecule has 2 N–H and O–H groups in total. The first kappa shape index (κ1) is 21.7. The Morgan fingerprint density at radius 3 is 2.90 bits per heavy atom. The third-order valence-corrected chi connectivity index (χ3v) is 5.55. The molecule has 0 bridgehead atoms. The second kappa shape index (κ2) is 10.1. The molecule has 0 radical (unpaired) electrons. The molecule has 0 unspecified atom stereocenters. The first-order valence-electron chi connectivity index (χ1n) is 9.94. The standard InChI is InChI=1S/C19H25N5O3.CH2O2/c1-12-22-23-19(27-12)21-16-10-13(5-6-17(16)26-2)18(25)24-9-7-15-14(11-24)4-3-8-20-15;2-1-3/h3-4,8,13,16-17H,5-7,9-11H2,1-2H3,(H,21,23);1H,(H,2,3)/t13-,16+,17+;/m0./s1. The van der Waals surface area contributed by atoms with Gasteiger partial charge in [0.1, 0.15) is 0 Å². The van der Waals surface area contributed by atoms with Crippen molar-refractivity contribution in [3.05, 3.63) is 35.5 Å². The monoisotopic (exact) mass is 417 g/mol. The quantitative estimate of drug-likeness (QED) is 0.713. The molecule has 2 aromatic heterocycles. The zero-order valence-electron chi connectivity index (χ0n) is 17.2. The summed E-state index contributed by atoms with van der Waals surface area (Å²) >= 11 is 0. The van der Waals surface area contributed by atoms with Crippen LogP contribution in [0.15, 0.2) is 22.7 Å². The SMILES string of the molecule is CO[C@@H]1CC[C@H](C(=O)N2CCc3ncccc3C2)C[C@H]1Nc1nnc(C)o1.O=CO. The number of rotatable bonds is 4. The van der Waals surface area contributed by atoms with E-state index >= 15 is 0 Å². The minimum atomic E-state index is -0.250. The Morgan fingerprint density at radius 2 is 2.20 bits per heavy atom. The molecule has 1 saturated carbocycles. The van der Waals surface area contributed by atoms with Gasteiger partial charge in [0, 0.05) is 51.4 Å². The van der Waals surface area contributed by atoms with Gasteiger partial charge in [0.05, 0.1) is 12.1 Å². The summed E-state index contributed by atoms with van der Waals surface area (Å²) < 4.78 is 11.1. The predicted molar refractivity (Wildman–Crippen MR) is 107 cm³/mol. The van der Waals surface area contributed by atoms with Crippen LogP contribution in [0.4, 0.5) is 6.01 Å². The van der Waals surface area contributed by atoms with Crippen LogP contribution < -0.4 is 5.32 Å². The van der Waals surface area contributed by atoms with Crippen molar-refractivity contribution in [1.82, 2.24) is 20.1 Å². The number of anilines is 1. The molecule has 4 rings (SSSR count). The molecule has 162 valence electrons. The van der Waals surface area contributed by atoms with E-state index in [9.17, 15) is 4.79 Å². The normalized spacial score (nSPS) is 23.0. The minimum absolute atomic E-state index is 0.0209. The number of aromatic nitrogens is 3. The molecule has 2 aliphatic rings. The second-order valence-corrected chi connectivity index (χ2v) is 7.39. The Morgan fingerprint density at radius 1 is 1.40 bits per heavy atom. The van der Waals surface area contributed by atoms with Gasteiger partial charge in [-0.3, -0.25) is 14.6 Å². The average molecular weight is 417 g/mol. The smallest absolute Gasteiger partial charge is 0.315 e. The van der Waals surface area contributed by atoms with Gasteiger partial charge in [-0.15, -0.1) is 5.10 Å². The first-order valence-corrected chi connectivity index (χ1v) is 9.94. The van der Waals surface area contributed by atoms with Crippen LogP contribution in [0.2, 0.25) is 0 Å². The van der Waals surface area contributed by atoms with E-state index in [2.05, 4.69) is 26.6 Å². The van der Waals surface area contributed by atoms with E-state index in [0.717, 1.165) is 37.1 Å². The number of ether oxygens (including phenoxy) is 1. The van der Waals surface area contributed by atoms with Crippen molar-refractivity contribution in [3.8, 4) is 0 Å². The van der Waals surface area contributed by atoms with Crippen LogP contribution in [0.5, 0.6) is 0 Å². The maximum absolute atomic E-state index is 13.1. The number of aryl methyl sites for hydroxylation is 1. The number of carboxylic acid groups (broad SMARTS) is 1. The predicted octanol–water partition coefficient (Wildman–Crippen LogP) is 1.65. The van der Waals surface area contributed by atoms with Crippen molar-refractivity contribution >= 4 is 18.4 Å². The summed E-state index contributed by atoms with van der Waals surface area (Å²) in [5.74, 6) is 0.694. The fourth-order valence-corrected chi connectivity index (χ4v) is 4.13. The zero-order chi connectivity index (χ0) is 21.5. The van der Waals surface area contributed by atoms with Gasteiger partial charge in [0.15, 0.2) is 0 Å². The van der Waals surface area contributed by atoms with E-state index in [1.807, 2.05) is 17.2 Å². The average Bonchev–Trinajstić information content (AvgIpc) is 3.18. The number of methoxy groups -OCH3 is 1. The van der Waals surface area contributed by atoms with Crippen LogP contribution >= 0.6 is 0 Å². The molecule has 2 aromatic rings. The number of fused-ring (bicyclic) bond motifs is 1. The fraction of sp³-hybridized carbons (Fsp3) is 0.550. The molecule has 0 aromatic carbocycles. The van der Waals surface area contributed by atoms with E-state index in [1.165, 1.54) is 0 Å². The maximum atomic E-state index is 13.1. The van der Waals surface area contributed by atoms with Crippen molar-refractivity contribution in [2.24, 2.45) is 5.92 Å². The van der Waals surface area contributed by atoms with Crippen LogP contribution in [-0.4, -0.2) is 63.4 Å². The van der Waals surface area contributed by atoms with Crippen molar-refractivity contribution in [3.63, 3.8) is 0 Å². The largest absolute Gasteiger partial charge is 0.483 e. The van der Waals surface area contributed by atoms with Crippen LogP contribution in [0, 0.1) is 12.8 Å². The van der Waals surface area contributed by atoms with E-state index < -0.39 is 0 Å². The Labute approximate surface area is 174 Å². The molecule has 1 fully saturated rings. The molecule has 3 heterocycles. The molecular formula is C20H27N5O5. The highest BCUT2D eigenvalue weighted by molar-refractivity contribution is 5.79. The van der Waals surface area contributed by atoms with E-state index in [4.69, 9.17) is 19.1 Å². The summed E-state index contributed by atoms with van der Waals surface area (Å²) in [4.78, 5) is 27.9. The number of pyridine rings is 1. The number of nitrogens with zero attached hydrogens (tertiary/aromatic N) is 4. The molecule has 30 heavy (non-hydrogen) atoms. The van der Waals surface area contributed by atoms with E-state index in [1.54, 1.807) is 14.0 Å². The van der Waals surface area contributed by atoms with E-state index in [-0.39, 0.29) is 30.4 Å². The molecule has 1 aliphatic carbocycles. The molecule has 10 heteroatoms. The summed E-state index contributed by atoms with van der Waals surface area (Å²) in [7, 11) is 1.70. The molecule has 0 spiro atoms. The van der Waals surface area contributed by atoms with Gasteiger partial charge in [-0.1, -0.05) is 11.2 Å². The highest BCUT2D eigenvalue weighted by Gasteiger charge is 2.37. The molecule has 1 aliphatic heterocycles. The van der Waals surface area contributed by atoms with Gasteiger partial charge in [0.25, 0.3) is 6.47 Å². The van der Waals surface area contributed by atoms with Crippen LogP contribution in [0.25, 0.3) is 0 Å². The second-order valence-electron chi connectivity index (χ2n) is 7.39. The Bertz CT molecular complexity index is 858. The lowest BCUT2D eigenvalue weighted by Gasteiger charge is -2.38. The fourth-order valence-electron chi connectivity index (χ4n) is 4.13. The summed E-state index contributed by atoms with van der Waals surface area (Å²) in [5, 5.41) is 18.0. The Balaban J connectivity index is 0.000000806. The summed E-state index contributed by atoms with van der Waals surface area (Å²) in [6.45, 7) is 2.88. The number of hydrogen-bond donors (Lipinski definition) is 2. The van der Waals surface area contributed by atoms with Crippen molar-refractivity contribution in [2.45, 2.75) is 51.3 Å². The van der Waals surface area contributed by atoms with Crippen LogP contribution in [0.3, 0.4) is 0 Å². The summed E-state index contributed by atoms with van der Waals surface area (Å²) in [5.41, 5.74) is 2.26. The van der Waals surface area contributed by atoms with Gasteiger partial charge >= 0.3 is 6.01 Å². The van der Waals surface area contributed by atoms with Crippen molar-refractivity contribution < 1.29 is 23.8 Å². The third-order valence-electron chi connectivity index (χ3n) is 5.55. The maximum Gasteiger partial charge on any atom is 0.315 e. The third kappa shape index (κ3) is 5.12. The van der Waals surface area contributed by atoms with Gasteiger partial charge in [-0.2, -0.15) is 0 Å². The lowest BCUT2D eigenvalue weighted by molar-refractivity contribution is -0.138. The van der Waals surface area contributed by atoms with Crippen molar-refractivity contribution in [2.75, 3.05) is 19.0 Å². The van der Waals surface area contributed by atoms with E-state index in [0.29, 0.717) is 24.9 Å². The molecule has 10 nitrogen and oxygen atoms in total. The van der Waals surface area contributed by atoms with Crippen molar-refractivity contribution in [1.29, 1.82) is 0 Å². The minimum Gasteiger partial charge on any atom is -0.483 e. The molecule has 3 atom stereocenters. The molecular weight excluding hydrogens is 390 g/mol. The molecule has 0 saturated heterocycles. The summed E-state index contributed by atoms with van der Waals surface area (Å²) in [6.07, 6.45) is 5.00. The topological polar surface area (TPSA) is 131 Å². The van der Waals surface area contributed by atoms with Gasteiger partial charge < -0.3 is 24.5 Å². The van der Waals surface area contributed by atoms with Gasteiger partial charge in [-0.25, -0.2) is 0 Å². The van der Waals surface area contributed by atoms with Crippen LogP contribution in [0.1, 0.15) is 36.4 Å². The number of hydrogen-bond acceptors (Lipinski definition) is 8. The highest BCUT2D eigenvalue weighted by Crippen LogP contribution is 2.31. The number of carbonyl (C=O) groups excluding carboxylic acids is 1. The highest BCUT2D eigenvalue weighted by atomic mass is 16.5. The number of carbonyl (C=O) groups is 2. The summed E-state index contributed by atoms with van der Waals surface area (Å²) in [6, 6.07) is 4.34. The zero-order valence-corrected chi connectivity index (χ0v) is 17.2.